The number of hydrogen-bond donors (Lipinski definition) is 2. The Labute approximate surface area is 124 Å². The SMILES string of the molecule is CCCNc1cc(N(C)Cc2ccccc2F)nc(N)n1. The van der Waals surface area contributed by atoms with Crippen LogP contribution in [0, 0.1) is 5.82 Å². The molecule has 2 aromatic rings. The molecular formula is C15H20FN5. The van der Waals surface area contributed by atoms with Crippen molar-refractivity contribution in [1.29, 1.82) is 0 Å². The fraction of sp³-hybridized carbons (Fsp3) is 0.333. The molecule has 0 saturated carbocycles. The molecule has 0 bridgehead atoms. The number of nitrogens with one attached hydrogen (secondary N) is 1. The number of hydrogen-bond acceptors (Lipinski definition) is 5. The van der Waals surface area contributed by atoms with Crippen LogP contribution in [0.3, 0.4) is 0 Å². The molecule has 1 heterocycles. The normalized spacial score (nSPS) is 10.4. The van der Waals surface area contributed by atoms with Gasteiger partial charge in [-0.3, -0.25) is 0 Å². The van der Waals surface area contributed by atoms with E-state index in [0.29, 0.717) is 23.7 Å². The molecule has 112 valence electrons. The van der Waals surface area contributed by atoms with Gasteiger partial charge in [0.2, 0.25) is 5.95 Å². The predicted octanol–water partition coefficient (Wildman–Crippen LogP) is 2.66. The van der Waals surface area contributed by atoms with E-state index in [1.54, 1.807) is 12.1 Å². The second-order valence-corrected chi connectivity index (χ2v) is 4.84. The summed E-state index contributed by atoms with van der Waals surface area (Å²) in [7, 11) is 1.85. The number of halogens is 1. The lowest BCUT2D eigenvalue weighted by Gasteiger charge is -2.19. The average Bonchev–Trinajstić information content (AvgIpc) is 2.47. The van der Waals surface area contributed by atoms with Crippen LogP contribution in [-0.2, 0) is 6.54 Å². The first-order valence-corrected chi connectivity index (χ1v) is 6.93. The third-order valence-electron chi connectivity index (χ3n) is 3.04. The Bertz CT molecular complexity index is 602. The Balaban J connectivity index is 2.16. The van der Waals surface area contributed by atoms with Crippen molar-refractivity contribution in [1.82, 2.24) is 9.97 Å². The van der Waals surface area contributed by atoms with Crippen LogP contribution in [0.2, 0.25) is 0 Å². The molecule has 0 atom stereocenters. The van der Waals surface area contributed by atoms with Gasteiger partial charge in [0.05, 0.1) is 0 Å². The van der Waals surface area contributed by atoms with E-state index in [2.05, 4.69) is 22.2 Å². The quantitative estimate of drug-likeness (QED) is 0.855. The van der Waals surface area contributed by atoms with Gasteiger partial charge in [-0.05, 0) is 12.5 Å². The maximum Gasteiger partial charge on any atom is 0.223 e. The van der Waals surface area contributed by atoms with Crippen LogP contribution in [0.15, 0.2) is 30.3 Å². The fourth-order valence-electron chi connectivity index (χ4n) is 1.95. The first kappa shape index (κ1) is 15.0. The molecule has 0 fully saturated rings. The lowest BCUT2D eigenvalue weighted by molar-refractivity contribution is 0.607. The monoisotopic (exact) mass is 289 g/mol. The van der Waals surface area contributed by atoms with Crippen LogP contribution < -0.4 is 16.0 Å². The van der Waals surface area contributed by atoms with E-state index in [9.17, 15) is 4.39 Å². The lowest BCUT2D eigenvalue weighted by Crippen LogP contribution is -2.20. The summed E-state index contributed by atoms with van der Waals surface area (Å²) in [5.74, 6) is 1.31. The van der Waals surface area contributed by atoms with Crippen molar-refractivity contribution < 1.29 is 4.39 Å². The van der Waals surface area contributed by atoms with Gasteiger partial charge in [0.1, 0.15) is 17.5 Å². The molecule has 2 rings (SSSR count). The van der Waals surface area contributed by atoms with Crippen LogP contribution in [0.25, 0.3) is 0 Å². The van der Waals surface area contributed by atoms with Gasteiger partial charge >= 0.3 is 0 Å². The summed E-state index contributed by atoms with van der Waals surface area (Å²) in [6.07, 6.45) is 0.990. The van der Waals surface area contributed by atoms with Crippen molar-refractivity contribution in [3.8, 4) is 0 Å². The van der Waals surface area contributed by atoms with E-state index in [-0.39, 0.29) is 11.8 Å². The van der Waals surface area contributed by atoms with E-state index in [4.69, 9.17) is 5.73 Å². The van der Waals surface area contributed by atoms with Crippen molar-refractivity contribution in [2.45, 2.75) is 19.9 Å². The molecular weight excluding hydrogens is 269 g/mol. The lowest BCUT2D eigenvalue weighted by atomic mass is 10.2. The molecule has 0 aliphatic heterocycles. The van der Waals surface area contributed by atoms with Gasteiger partial charge in [-0.25, -0.2) is 4.39 Å². The summed E-state index contributed by atoms with van der Waals surface area (Å²) in [5.41, 5.74) is 6.34. The van der Waals surface area contributed by atoms with E-state index >= 15 is 0 Å². The molecule has 0 aliphatic rings. The Morgan fingerprint density at radius 3 is 2.76 bits per heavy atom. The molecule has 0 amide bonds. The van der Waals surface area contributed by atoms with Gasteiger partial charge in [-0.2, -0.15) is 9.97 Å². The Kier molecular flexibility index (Phi) is 4.92. The standard InChI is InChI=1S/C15H20FN5/c1-3-8-18-13-9-14(20-15(17)19-13)21(2)10-11-6-4-5-7-12(11)16/h4-7,9H,3,8,10H2,1-2H3,(H3,17,18,19,20). The van der Waals surface area contributed by atoms with Crippen LogP contribution >= 0.6 is 0 Å². The number of nitrogens with two attached hydrogens (primary N) is 1. The number of aromatic nitrogens is 2. The molecule has 0 saturated heterocycles. The van der Waals surface area contributed by atoms with Crippen molar-refractivity contribution in [3.05, 3.63) is 41.7 Å². The summed E-state index contributed by atoms with van der Waals surface area (Å²) in [6, 6.07) is 8.51. The van der Waals surface area contributed by atoms with Crippen molar-refractivity contribution in [2.24, 2.45) is 0 Å². The van der Waals surface area contributed by atoms with E-state index in [1.165, 1.54) is 6.07 Å². The second-order valence-electron chi connectivity index (χ2n) is 4.84. The highest BCUT2D eigenvalue weighted by atomic mass is 19.1. The zero-order valence-electron chi connectivity index (χ0n) is 12.3. The minimum absolute atomic E-state index is 0.200. The summed E-state index contributed by atoms with van der Waals surface area (Å²) in [5, 5.41) is 3.17. The van der Waals surface area contributed by atoms with Gasteiger partial charge in [0.15, 0.2) is 0 Å². The smallest absolute Gasteiger partial charge is 0.223 e. The molecule has 0 unspecified atom stereocenters. The molecule has 3 N–H and O–H groups in total. The molecule has 0 spiro atoms. The Hall–Kier alpha value is -2.37. The van der Waals surface area contributed by atoms with Gasteiger partial charge < -0.3 is 16.0 Å². The predicted molar refractivity (Wildman–Crippen MR) is 83.7 cm³/mol. The van der Waals surface area contributed by atoms with E-state index in [1.807, 2.05) is 24.1 Å². The molecule has 0 aliphatic carbocycles. The van der Waals surface area contributed by atoms with Gasteiger partial charge in [-0.1, -0.05) is 25.1 Å². The fourth-order valence-corrected chi connectivity index (χ4v) is 1.95. The summed E-state index contributed by atoms with van der Waals surface area (Å²) < 4.78 is 13.7. The molecule has 6 heteroatoms. The second kappa shape index (κ2) is 6.88. The van der Waals surface area contributed by atoms with Crippen molar-refractivity contribution in [2.75, 3.05) is 29.5 Å². The molecule has 5 nitrogen and oxygen atoms in total. The molecule has 1 aromatic heterocycles. The van der Waals surface area contributed by atoms with Gasteiger partial charge in [-0.15, -0.1) is 0 Å². The maximum absolute atomic E-state index is 13.7. The number of nitrogen functional groups attached to an aromatic ring is 1. The number of anilines is 3. The Morgan fingerprint density at radius 1 is 1.29 bits per heavy atom. The summed E-state index contributed by atoms with van der Waals surface area (Å²) in [4.78, 5) is 10.2. The molecule has 1 aromatic carbocycles. The van der Waals surface area contributed by atoms with E-state index in [0.717, 1.165) is 13.0 Å². The third kappa shape index (κ3) is 4.05. The van der Waals surface area contributed by atoms with Crippen LogP contribution in [-0.4, -0.2) is 23.6 Å². The molecule has 21 heavy (non-hydrogen) atoms. The van der Waals surface area contributed by atoms with E-state index < -0.39 is 0 Å². The first-order valence-electron chi connectivity index (χ1n) is 6.93. The van der Waals surface area contributed by atoms with Gasteiger partial charge in [0.25, 0.3) is 0 Å². The summed E-state index contributed by atoms with van der Waals surface area (Å²) >= 11 is 0. The molecule has 0 radical (unpaired) electrons. The van der Waals surface area contributed by atoms with Crippen LogP contribution in [0.1, 0.15) is 18.9 Å². The minimum Gasteiger partial charge on any atom is -0.370 e. The highest BCUT2D eigenvalue weighted by molar-refractivity contribution is 5.52. The number of nitrogens with zero attached hydrogens (tertiary/aromatic N) is 3. The zero-order chi connectivity index (χ0) is 15.2. The third-order valence-corrected chi connectivity index (χ3v) is 3.04. The summed E-state index contributed by atoms with van der Waals surface area (Å²) in [6.45, 7) is 3.30. The highest BCUT2D eigenvalue weighted by Crippen LogP contribution is 2.19. The first-order chi connectivity index (χ1) is 10.1. The number of benzene rings is 1. The topological polar surface area (TPSA) is 67.1 Å². The largest absolute Gasteiger partial charge is 0.370 e. The van der Waals surface area contributed by atoms with Gasteiger partial charge in [0, 0.05) is 31.8 Å². The average molecular weight is 289 g/mol. The Morgan fingerprint density at radius 2 is 2.05 bits per heavy atom. The van der Waals surface area contributed by atoms with Crippen LogP contribution in [0.4, 0.5) is 22.0 Å². The zero-order valence-corrected chi connectivity index (χ0v) is 12.3. The maximum atomic E-state index is 13.7. The number of rotatable bonds is 6. The highest BCUT2D eigenvalue weighted by Gasteiger charge is 2.09. The minimum atomic E-state index is -0.226. The van der Waals surface area contributed by atoms with Crippen LogP contribution in [0.5, 0.6) is 0 Å². The van der Waals surface area contributed by atoms with Crippen molar-refractivity contribution in [3.63, 3.8) is 0 Å². The van der Waals surface area contributed by atoms with Crippen molar-refractivity contribution >= 4 is 17.6 Å².